The molecule has 5 nitrogen and oxygen atoms in total. The summed E-state index contributed by atoms with van der Waals surface area (Å²) in [6, 6.07) is 14.1. The first-order valence-electron chi connectivity index (χ1n) is 7.99. The van der Waals surface area contributed by atoms with Gasteiger partial charge in [-0.2, -0.15) is 8.42 Å². The molecule has 0 aliphatic heterocycles. The second-order valence-electron chi connectivity index (χ2n) is 5.67. The molecule has 0 amide bonds. The van der Waals surface area contributed by atoms with Crippen LogP contribution >= 0.6 is 0 Å². The number of hydrogen-bond acceptors (Lipinski definition) is 5. The zero-order chi connectivity index (χ0) is 20.3. The molecule has 0 atom stereocenters. The fourth-order valence-corrected chi connectivity index (χ4v) is 3.49. The van der Waals surface area contributed by atoms with E-state index in [9.17, 15) is 22.0 Å². The van der Waals surface area contributed by atoms with Crippen LogP contribution in [0, 0.1) is 11.6 Å². The Morgan fingerprint density at radius 1 is 0.929 bits per heavy atom. The summed E-state index contributed by atoms with van der Waals surface area (Å²) < 4.78 is 62.4. The molecule has 0 unspecified atom stereocenters. The number of halogens is 2. The highest BCUT2D eigenvalue weighted by atomic mass is 32.2. The number of benzene rings is 3. The molecular weight excluding hydrogens is 390 g/mol. The van der Waals surface area contributed by atoms with E-state index >= 15 is 0 Å². The molecule has 3 aromatic carbocycles. The van der Waals surface area contributed by atoms with Gasteiger partial charge in [0.1, 0.15) is 22.3 Å². The lowest BCUT2D eigenvalue weighted by molar-refractivity contribution is 0.103. The minimum Gasteiger partial charge on any atom is -0.497 e. The Kier molecular flexibility index (Phi) is 5.41. The van der Waals surface area contributed by atoms with Gasteiger partial charge in [0.15, 0.2) is 11.5 Å². The fraction of sp³-hybridized carbons (Fsp3) is 0.0500. The lowest BCUT2D eigenvalue weighted by Crippen LogP contribution is -2.15. The Balaban J connectivity index is 2.08. The normalized spacial score (nSPS) is 11.1. The highest BCUT2D eigenvalue weighted by Crippen LogP contribution is 2.30. The van der Waals surface area contributed by atoms with Gasteiger partial charge >= 0.3 is 10.1 Å². The molecule has 144 valence electrons. The standard InChI is InChI=1S/C20H14F2O5S/c1-26-15-8-9-16(20(23)13-5-3-2-4-6-13)18(12-15)27-28(24,25)19-11-14(21)7-10-17(19)22/h2-12H,1H3. The van der Waals surface area contributed by atoms with Crippen LogP contribution in [0.3, 0.4) is 0 Å². The van der Waals surface area contributed by atoms with Crippen molar-refractivity contribution in [2.24, 2.45) is 0 Å². The maximum atomic E-state index is 13.9. The monoisotopic (exact) mass is 404 g/mol. The SMILES string of the molecule is COc1ccc(C(=O)c2ccccc2)c(OS(=O)(=O)c2cc(F)ccc2F)c1. The molecule has 0 saturated carbocycles. The van der Waals surface area contributed by atoms with Gasteiger partial charge in [-0.25, -0.2) is 8.78 Å². The average Bonchev–Trinajstić information content (AvgIpc) is 2.69. The second-order valence-corrected chi connectivity index (χ2v) is 7.18. The first-order chi connectivity index (χ1) is 13.3. The summed E-state index contributed by atoms with van der Waals surface area (Å²) in [6.45, 7) is 0. The van der Waals surface area contributed by atoms with Crippen LogP contribution in [0.2, 0.25) is 0 Å². The predicted octanol–water partition coefficient (Wildman–Crippen LogP) is 3.97. The zero-order valence-corrected chi connectivity index (χ0v) is 15.4. The van der Waals surface area contributed by atoms with Crippen LogP contribution in [0.5, 0.6) is 11.5 Å². The zero-order valence-electron chi connectivity index (χ0n) is 14.6. The van der Waals surface area contributed by atoms with Gasteiger partial charge in [0.2, 0.25) is 0 Å². The van der Waals surface area contributed by atoms with Gasteiger partial charge in [-0.15, -0.1) is 0 Å². The number of carbonyl (C=O) groups is 1. The van der Waals surface area contributed by atoms with Crippen molar-refractivity contribution in [3.05, 3.63) is 89.5 Å². The quantitative estimate of drug-likeness (QED) is 0.459. The highest BCUT2D eigenvalue weighted by molar-refractivity contribution is 7.87. The number of rotatable bonds is 6. The molecule has 8 heteroatoms. The van der Waals surface area contributed by atoms with Crippen molar-refractivity contribution in [2.75, 3.05) is 7.11 Å². The molecule has 0 spiro atoms. The molecule has 3 aromatic rings. The van der Waals surface area contributed by atoms with Crippen molar-refractivity contribution in [1.82, 2.24) is 0 Å². The van der Waals surface area contributed by atoms with Gasteiger partial charge in [-0.05, 0) is 30.3 Å². The molecule has 0 fully saturated rings. The van der Waals surface area contributed by atoms with E-state index in [-0.39, 0.29) is 17.1 Å². The summed E-state index contributed by atoms with van der Waals surface area (Å²) in [4.78, 5) is 11.8. The minimum atomic E-state index is -4.75. The Bertz CT molecular complexity index is 1130. The van der Waals surface area contributed by atoms with Gasteiger partial charge in [0, 0.05) is 11.6 Å². The molecule has 0 saturated heterocycles. The molecule has 0 aromatic heterocycles. The lowest BCUT2D eigenvalue weighted by Gasteiger charge is -2.13. The van der Waals surface area contributed by atoms with E-state index < -0.39 is 32.4 Å². The van der Waals surface area contributed by atoms with E-state index in [1.807, 2.05) is 0 Å². The van der Waals surface area contributed by atoms with Crippen LogP contribution in [0.15, 0.2) is 71.6 Å². The molecular formula is C20H14F2O5S. The fourth-order valence-electron chi connectivity index (χ4n) is 2.46. The summed E-state index contributed by atoms with van der Waals surface area (Å²) in [5.41, 5.74) is 0.222. The van der Waals surface area contributed by atoms with Crippen molar-refractivity contribution in [3.63, 3.8) is 0 Å². The number of ether oxygens (including phenoxy) is 1. The molecule has 3 rings (SSSR count). The predicted molar refractivity (Wildman–Crippen MR) is 97.0 cm³/mol. The summed E-state index contributed by atoms with van der Waals surface area (Å²) in [5.74, 6) is -2.78. The lowest BCUT2D eigenvalue weighted by atomic mass is 10.0. The summed E-state index contributed by atoms with van der Waals surface area (Å²) in [5, 5.41) is 0. The van der Waals surface area contributed by atoms with Crippen LogP contribution < -0.4 is 8.92 Å². The van der Waals surface area contributed by atoms with Crippen LogP contribution in [-0.2, 0) is 10.1 Å². The number of methoxy groups -OCH3 is 1. The first-order valence-corrected chi connectivity index (χ1v) is 9.40. The van der Waals surface area contributed by atoms with Gasteiger partial charge in [0.25, 0.3) is 0 Å². The van der Waals surface area contributed by atoms with E-state index in [1.165, 1.54) is 25.3 Å². The van der Waals surface area contributed by atoms with Crippen molar-refractivity contribution < 1.29 is 30.9 Å². The molecule has 0 aliphatic carbocycles. The van der Waals surface area contributed by atoms with Gasteiger partial charge in [-0.3, -0.25) is 4.79 Å². The molecule has 0 heterocycles. The molecule has 0 aliphatic rings. The van der Waals surface area contributed by atoms with Crippen LogP contribution in [0.25, 0.3) is 0 Å². The summed E-state index contributed by atoms with van der Waals surface area (Å²) in [6.07, 6.45) is 0. The third kappa shape index (κ3) is 4.01. The first kappa shape index (κ1) is 19.5. The van der Waals surface area contributed by atoms with Gasteiger partial charge in [0.05, 0.1) is 12.7 Å². The number of carbonyl (C=O) groups excluding carboxylic acids is 1. The number of hydrogen-bond donors (Lipinski definition) is 0. The summed E-state index contributed by atoms with van der Waals surface area (Å²) in [7, 11) is -3.41. The van der Waals surface area contributed by atoms with E-state index in [0.717, 1.165) is 6.07 Å². The van der Waals surface area contributed by atoms with Crippen LogP contribution in [0.4, 0.5) is 8.78 Å². The maximum absolute atomic E-state index is 13.9. The second kappa shape index (κ2) is 7.77. The Morgan fingerprint density at radius 3 is 2.32 bits per heavy atom. The van der Waals surface area contributed by atoms with Gasteiger partial charge < -0.3 is 8.92 Å². The molecule has 0 bridgehead atoms. The molecule has 0 radical (unpaired) electrons. The minimum absolute atomic E-state index is 0.0765. The van der Waals surface area contributed by atoms with Crippen molar-refractivity contribution >= 4 is 15.9 Å². The van der Waals surface area contributed by atoms with E-state index in [4.69, 9.17) is 8.92 Å². The van der Waals surface area contributed by atoms with Crippen LogP contribution in [0.1, 0.15) is 15.9 Å². The van der Waals surface area contributed by atoms with Gasteiger partial charge in [-0.1, -0.05) is 30.3 Å². The summed E-state index contributed by atoms with van der Waals surface area (Å²) >= 11 is 0. The Labute approximate surface area is 160 Å². The molecule has 28 heavy (non-hydrogen) atoms. The van der Waals surface area contributed by atoms with E-state index in [2.05, 4.69) is 0 Å². The highest BCUT2D eigenvalue weighted by Gasteiger charge is 2.26. The topological polar surface area (TPSA) is 69.7 Å². The van der Waals surface area contributed by atoms with Crippen molar-refractivity contribution in [2.45, 2.75) is 4.90 Å². The van der Waals surface area contributed by atoms with E-state index in [0.29, 0.717) is 17.7 Å². The van der Waals surface area contributed by atoms with Crippen molar-refractivity contribution in [1.29, 1.82) is 0 Å². The Hall–Kier alpha value is -3.26. The number of ketones is 1. The average molecular weight is 404 g/mol. The smallest absolute Gasteiger partial charge is 0.342 e. The molecule has 0 N–H and O–H groups in total. The maximum Gasteiger partial charge on any atom is 0.342 e. The Morgan fingerprint density at radius 2 is 1.64 bits per heavy atom. The third-order valence-electron chi connectivity index (χ3n) is 3.83. The third-order valence-corrected chi connectivity index (χ3v) is 5.08. The van der Waals surface area contributed by atoms with E-state index in [1.54, 1.807) is 30.3 Å². The van der Waals surface area contributed by atoms with Crippen LogP contribution in [-0.4, -0.2) is 21.3 Å². The van der Waals surface area contributed by atoms with Crippen molar-refractivity contribution in [3.8, 4) is 11.5 Å². The largest absolute Gasteiger partial charge is 0.497 e.